The van der Waals surface area contributed by atoms with Crippen LogP contribution in [0.25, 0.3) is 0 Å². The summed E-state index contributed by atoms with van der Waals surface area (Å²) in [6, 6.07) is 2.52. The number of fused-ring (bicyclic) bond motifs is 1. The molecule has 0 unspecified atom stereocenters. The fourth-order valence-corrected chi connectivity index (χ4v) is 3.74. The molecule has 2 aliphatic rings. The van der Waals surface area contributed by atoms with Crippen LogP contribution in [0.15, 0.2) is 36.3 Å². The van der Waals surface area contributed by atoms with Crippen molar-refractivity contribution in [2.24, 2.45) is 0 Å². The molecule has 1 aromatic rings. The second-order valence-corrected chi connectivity index (χ2v) is 6.15. The number of aromatic nitrogens is 1. The Bertz CT molecular complexity index is 659. The summed E-state index contributed by atoms with van der Waals surface area (Å²) in [5.41, 5.74) is 1.18. The van der Waals surface area contributed by atoms with Gasteiger partial charge in [-0.1, -0.05) is 0 Å². The molecule has 1 N–H and O–H groups in total. The summed E-state index contributed by atoms with van der Waals surface area (Å²) >= 11 is 1.60. The van der Waals surface area contributed by atoms with Crippen molar-refractivity contribution in [1.82, 2.24) is 10.2 Å². The van der Waals surface area contributed by atoms with Gasteiger partial charge in [0.1, 0.15) is 11.4 Å². The molecule has 2 aliphatic heterocycles. The molecule has 3 rings (SSSR count). The van der Waals surface area contributed by atoms with E-state index in [-0.39, 0.29) is 16.8 Å². The van der Waals surface area contributed by atoms with E-state index in [0.29, 0.717) is 13.0 Å². The maximum atomic E-state index is 11.9. The summed E-state index contributed by atoms with van der Waals surface area (Å²) in [5, 5.41) is 13.2. The zero-order chi connectivity index (χ0) is 15.7. The van der Waals surface area contributed by atoms with E-state index < -0.39 is 12.0 Å². The van der Waals surface area contributed by atoms with Gasteiger partial charge >= 0.3 is 0 Å². The third-order valence-electron chi connectivity index (χ3n) is 3.60. The summed E-state index contributed by atoms with van der Waals surface area (Å²) in [7, 11) is 0. The highest BCUT2D eigenvalue weighted by Gasteiger charge is 2.48. The molecule has 114 valence electrons. The molecule has 2 atom stereocenters. The number of hydrogen-bond donors (Lipinski definition) is 1. The van der Waals surface area contributed by atoms with Gasteiger partial charge in [-0.3, -0.25) is 9.59 Å². The number of hydrogen-bond acceptors (Lipinski definition) is 5. The lowest BCUT2D eigenvalue weighted by atomic mass is 10.1. The lowest BCUT2D eigenvalue weighted by molar-refractivity contribution is -0.689. The van der Waals surface area contributed by atoms with Crippen LogP contribution in [-0.4, -0.2) is 40.4 Å². The number of rotatable bonds is 5. The van der Waals surface area contributed by atoms with Gasteiger partial charge in [0.05, 0.1) is 5.97 Å². The summed E-state index contributed by atoms with van der Waals surface area (Å²) in [5.74, 6) is -0.567. The van der Waals surface area contributed by atoms with Crippen molar-refractivity contribution >= 4 is 30.0 Å². The number of nitrogens with zero attached hydrogens (tertiary/aromatic N) is 2. The summed E-state index contributed by atoms with van der Waals surface area (Å²) in [4.78, 5) is 34.6. The van der Waals surface area contributed by atoms with E-state index in [1.807, 2.05) is 10.8 Å². The van der Waals surface area contributed by atoms with Crippen LogP contribution in [0, 0.1) is 0 Å². The van der Waals surface area contributed by atoms with Crippen LogP contribution in [0.4, 0.5) is 0 Å². The molecule has 1 saturated heterocycles. The predicted octanol–water partition coefficient (Wildman–Crippen LogP) is -1.75. The second kappa shape index (κ2) is 5.80. The van der Waals surface area contributed by atoms with E-state index in [1.165, 1.54) is 12.1 Å². The molecule has 0 bridgehead atoms. The molecule has 0 aromatic carbocycles. The minimum atomic E-state index is -1.21. The van der Waals surface area contributed by atoms with Gasteiger partial charge in [0.2, 0.25) is 6.41 Å². The van der Waals surface area contributed by atoms with Crippen LogP contribution in [0.3, 0.4) is 0 Å². The molecule has 0 saturated carbocycles. The lowest BCUT2D eigenvalue weighted by Gasteiger charge is -2.46. The Hall–Kier alpha value is -2.35. The monoisotopic (exact) mass is 319 g/mol. The Morgan fingerprint density at radius 3 is 2.86 bits per heavy atom. The standard InChI is InChI=1S/C14H13N3O4S/c18-8-15-11-12(19)17-6-9(7-22-13(11)17)5-16-3-1-10(2-4-16)14(20)21/h1-4,6,8,11,13H,5,7H2,(H-,15,18,20,21)/t11-,13-/m1/s1. The molecule has 22 heavy (non-hydrogen) atoms. The maximum Gasteiger partial charge on any atom is 0.253 e. The molecular weight excluding hydrogens is 306 g/mol. The minimum Gasteiger partial charge on any atom is -0.545 e. The Morgan fingerprint density at radius 1 is 1.50 bits per heavy atom. The minimum absolute atomic E-state index is 0.0353. The van der Waals surface area contributed by atoms with Gasteiger partial charge in [-0.25, -0.2) is 4.57 Å². The van der Waals surface area contributed by atoms with Gasteiger partial charge in [-0.05, 0) is 0 Å². The number of amides is 2. The number of carboxylic acids is 1. The van der Waals surface area contributed by atoms with Crippen LogP contribution in [-0.2, 0) is 16.1 Å². The third kappa shape index (κ3) is 2.57. The zero-order valence-corrected chi connectivity index (χ0v) is 12.3. The van der Waals surface area contributed by atoms with Gasteiger partial charge in [0.25, 0.3) is 5.91 Å². The molecule has 0 radical (unpaired) electrons. The molecule has 0 aliphatic carbocycles. The van der Waals surface area contributed by atoms with Crippen molar-refractivity contribution in [3.05, 3.63) is 41.9 Å². The number of carboxylic acid groups (broad SMARTS) is 1. The molecule has 2 amide bonds. The van der Waals surface area contributed by atoms with Gasteiger partial charge in [-0.15, -0.1) is 11.8 Å². The molecule has 7 nitrogen and oxygen atoms in total. The Labute approximate surface area is 130 Å². The van der Waals surface area contributed by atoms with E-state index in [0.717, 1.165) is 11.3 Å². The SMILES string of the molecule is O=CN[C@@H]1C(=O)N2C=C(C[n+]3ccc(C(=O)[O-])cc3)CS[C@H]12. The highest BCUT2D eigenvalue weighted by atomic mass is 32.2. The highest BCUT2D eigenvalue weighted by Crippen LogP contribution is 2.35. The van der Waals surface area contributed by atoms with Gasteiger partial charge in [0, 0.05) is 35.2 Å². The van der Waals surface area contributed by atoms with E-state index >= 15 is 0 Å². The topological polar surface area (TPSA) is 93.4 Å². The summed E-state index contributed by atoms with van der Waals surface area (Å²) in [6.45, 7) is 0.572. The number of aromatic carboxylic acids is 1. The molecule has 3 heterocycles. The normalized spacial score (nSPS) is 23.2. The first kappa shape index (κ1) is 14.6. The van der Waals surface area contributed by atoms with Gasteiger partial charge in [-0.2, -0.15) is 0 Å². The second-order valence-electron chi connectivity index (χ2n) is 5.04. The van der Waals surface area contributed by atoms with Crippen LogP contribution in [0.1, 0.15) is 10.4 Å². The highest BCUT2D eigenvalue weighted by molar-refractivity contribution is 8.00. The van der Waals surface area contributed by atoms with Crippen molar-refractivity contribution in [2.75, 3.05) is 5.75 Å². The van der Waals surface area contributed by atoms with E-state index in [2.05, 4.69) is 5.32 Å². The number of pyridine rings is 1. The molecule has 1 aromatic heterocycles. The number of carbonyl (C=O) groups excluding carboxylic acids is 3. The Morgan fingerprint density at radius 2 is 2.23 bits per heavy atom. The van der Waals surface area contributed by atoms with Crippen molar-refractivity contribution in [3.63, 3.8) is 0 Å². The largest absolute Gasteiger partial charge is 0.545 e. The van der Waals surface area contributed by atoms with Gasteiger partial charge < -0.3 is 20.1 Å². The third-order valence-corrected chi connectivity index (χ3v) is 4.98. The maximum absolute atomic E-state index is 11.9. The Kier molecular flexibility index (Phi) is 3.84. The van der Waals surface area contributed by atoms with E-state index in [9.17, 15) is 19.5 Å². The van der Waals surface area contributed by atoms with Crippen molar-refractivity contribution < 1.29 is 24.1 Å². The molecule has 0 spiro atoms. The number of carbonyl (C=O) groups is 3. The van der Waals surface area contributed by atoms with E-state index in [1.54, 1.807) is 29.1 Å². The van der Waals surface area contributed by atoms with Crippen molar-refractivity contribution in [1.29, 1.82) is 0 Å². The van der Waals surface area contributed by atoms with Crippen LogP contribution in [0.5, 0.6) is 0 Å². The van der Waals surface area contributed by atoms with Crippen LogP contribution < -0.4 is 15.0 Å². The molecule has 1 fully saturated rings. The average molecular weight is 319 g/mol. The zero-order valence-electron chi connectivity index (χ0n) is 11.5. The Balaban J connectivity index is 1.67. The molecular formula is C14H13N3O4S. The van der Waals surface area contributed by atoms with E-state index in [4.69, 9.17) is 0 Å². The predicted molar refractivity (Wildman–Crippen MR) is 75.1 cm³/mol. The summed E-state index contributed by atoms with van der Waals surface area (Å²) in [6.07, 6.45) is 5.69. The molecule has 8 heteroatoms. The van der Waals surface area contributed by atoms with Crippen molar-refractivity contribution in [2.45, 2.75) is 18.0 Å². The first-order valence-electron chi connectivity index (χ1n) is 6.63. The van der Waals surface area contributed by atoms with Crippen LogP contribution in [0.2, 0.25) is 0 Å². The van der Waals surface area contributed by atoms with Gasteiger partial charge in [0.15, 0.2) is 18.9 Å². The fourth-order valence-electron chi connectivity index (χ4n) is 2.47. The van der Waals surface area contributed by atoms with Crippen LogP contribution >= 0.6 is 11.8 Å². The van der Waals surface area contributed by atoms with Crippen molar-refractivity contribution in [3.8, 4) is 0 Å². The summed E-state index contributed by atoms with van der Waals surface area (Å²) < 4.78 is 1.84. The fraction of sp³-hybridized carbons (Fsp3) is 0.286. The first-order valence-corrected chi connectivity index (χ1v) is 7.68. The lowest BCUT2D eigenvalue weighted by Crippen LogP contribution is -2.67. The number of β-lactam (4-membered cyclic amide) rings is 1. The smallest absolute Gasteiger partial charge is 0.253 e. The number of nitrogens with one attached hydrogen (secondary N) is 1. The average Bonchev–Trinajstić information content (AvgIpc) is 2.53. The number of thioether (sulfide) groups is 1. The quantitative estimate of drug-likeness (QED) is 0.395. The first-order chi connectivity index (χ1) is 10.6.